The van der Waals surface area contributed by atoms with Crippen molar-refractivity contribution < 1.29 is 9.13 Å². The molecule has 0 fully saturated rings. The first-order valence-corrected chi connectivity index (χ1v) is 6.26. The van der Waals surface area contributed by atoms with Gasteiger partial charge >= 0.3 is 0 Å². The van der Waals surface area contributed by atoms with E-state index in [-0.39, 0.29) is 22.1 Å². The Bertz CT molecular complexity index is 661. The standard InChI is InChI=1S/C14H15ClFN3O/c1-7-5-8(3-4-11(7)20-2)19-14-10(18)6-9(17)12(15)13(14)16/h3-6,19H,17-18H2,1-2H3. The van der Waals surface area contributed by atoms with E-state index in [1.54, 1.807) is 19.2 Å². The predicted molar refractivity (Wildman–Crippen MR) is 81.2 cm³/mol. The first kappa shape index (κ1) is 14.3. The maximum absolute atomic E-state index is 14.1. The van der Waals surface area contributed by atoms with Gasteiger partial charge < -0.3 is 21.5 Å². The van der Waals surface area contributed by atoms with Crippen molar-refractivity contribution in [2.24, 2.45) is 0 Å². The summed E-state index contributed by atoms with van der Waals surface area (Å²) in [6.45, 7) is 1.89. The van der Waals surface area contributed by atoms with Gasteiger partial charge in [0.25, 0.3) is 0 Å². The number of ether oxygens (including phenoxy) is 1. The number of halogens is 2. The van der Waals surface area contributed by atoms with Crippen LogP contribution in [-0.4, -0.2) is 7.11 Å². The fraction of sp³-hybridized carbons (Fsp3) is 0.143. The Morgan fingerprint density at radius 3 is 2.50 bits per heavy atom. The lowest BCUT2D eigenvalue weighted by molar-refractivity contribution is 0.412. The second-order valence-electron chi connectivity index (χ2n) is 4.37. The van der Waals surface area contributed by atoms with Crippen molar-refractivity contribution in [1.29, 1.82) is 0 Å². The molecule has 0 amide bonds. The Balaban J connectivity index is 2.40. The average Bonchev–Trinajstić information content (AvgIpc) is 2.41. The molecule has 2 aromatic carbocycles. The van der Waals surface area contributed by atoms with Crippen molar-refractivity contribution in [3.05, 3.63) is 40.7 Å². The van der Waals surface area contributed by atoms with Crippen LogP contribution in [0.2, 0.25) is 5.02 Å². The first-order valence-electron chi connectivity index (χ1n) is 5.88. The topological polar surface area (TPSA) is 73.3 Å². The number of anilines is 4. The van der Waals surface area contributed by atoms with Crippen LogP contribution >= 0.6 is 11.6 Å². The Labute approximate surface area is 121 Å². The van der Waals surface area contributed by atoms with Crippen molar-refractivity contribution >= 4 is 34.4 Å². The van der Waals surface area contributed by atoms with Crippen molar-refractivity contribution in [3.63, 3.8) is 0 Å². The molecule has 0 aliphatic carbocycles. The van der Waals surface area contributed by atoms with Crippen LogP contribution in [0.1, 0.15) is 5.56 Å². The van der Waals surface area contributed by atoms with Crippen LogP contribution in [0.4, 0.5) is 27.1 Å². The molecule has 106 valence electrons. The van der Waals surface area contributed by atoms with Gasteiger partial charge in [0.15, 0.2) is 5.82 Å². The van der Waals surface area contributed by atoms with E-state index in [1.807, 2.05) is 13.0 Å². The molecular weight excluding hydrogens is 281 g/mol. The SMILES string of the molecule is COc1ccc(Nc2c(N)cc(N)c(Cl)c2F)cc1C. The molecule has 0 aliphatic rings. The first-order chi connectivity index (χ1) is 9.43. The van der Waals surface area contributed by atoms with Crippen molar-refractivity contribution in [2.75, 3.05) is 23.9 Å². The summed E-state index contributed by atoms with van der Waals surface area (Å²) in [5.74, 6) is 0.0805. The Kier molecular flexibility index (Phi) is 3.90. The van der Waals surface area contributed by atoms with Crippen molar-refractivity contribution in [2.45, 2.75) is 6.92 Å². The molecule has 20 heavy (non-hydrogen) atoms. The third-order valence-corrected chi connectivity index (χ3v) is 3.31. The lowest BCUT2D eigenvalue weighted by Crippen LogP contribution is -2.03. The molecule has 2 aromatic rings. The second-order valence-corrected chi connectivity index (χ2v) is 4.75. The maximum Gasteiger partial charge on any atom is 0.169 e. The van der Waals surface area contributed by atoms with E-state index in [0.29, 0.717) is 5.69 Å². The molecule has 4 nitrogen and oxygen atoms in total. The molecule has 0 aromatic heterocycles. The van der Waals surface area contributed by atoms with E-state index in [4.69, 9.17) is 27.8 Å². The van der Waals surface area contributed by atoms with Gasteiger partial charge in [-0.15, -0.1) is 0 Å². The molecule has 6 heteroatoms. The fourth-order valence-corrected chi connectivity index (χ4v) is 2.04. The number of hydrogen-bond acceptors (Lipinski definition) is 4. The second kappa shape index (κ2) is 5.46. The van der Waals surface area contributed by atoms with Crippen LogP contribution in [0, 0.1) is 12.7 Å². The van der Waals surface area contributed by atoms with Gasteiger partial charge in [-0.25, -0.2) is 4.39 Å². The van der Waals surface area contributed by atoms with Crippen LogP contribution in [0.15, 0.2) is 24.3 Å². The molecule has 0 unspecified atom stereocenters. The molecule has 0 heterocycles. The van der Waals surface area contributed by atoms with E-state index in [9.17, 15) is 4.39 Å². The molecule has 0 atom stereocenters. The Morgan fingerprint density at radius 2 is 1.90 bits per heavy atom. The van der Waals surface area contributed by atoms with Gasteiger partial charge in [0.2, 0.25) is 0 Å². The van der Waals surface area contributed by atoms with Crippen LogP contribution in [0.5, 0.6) is 5.75 Å². The van der Waals surface area contributed by atoms with Gasteiger partial charge in [0, 0.05) is 5.69 Å². The number of benzene rings is 2. The summed E-state index contributed by atoms with van der Waals surface area (Å²) in [6, 6.07) is 6.78. The summed E-state index contributed by atoms with van der Waals surface area (Å²) < 4.78 is 19.2. The molecule has 0 saturated heterocycles. The zero-order valence-electron chi connectivity index (χ0n) is 11.1. The number of rotatable bonds is 3. The lowest BCUT2D eigenvalue weighted by Gasteiger charge is -2.14. The highest BCUT2D eigenvalue weighted by molar-refractivity contribution is 6.33. The minimum absolute atomic E-state index is 0.105. The summed E-state index contributed by atoms with van der Waals surface area (Å²) in [5, 5.41) is 2.76. The minimum atomic E-state index is -0.669. The number of hydrogen-bond donors (Lipinski definition) is 3. The van der Waals surface area contributed by atoms with Gasteiger partial charge in [-0.1, -0.05) is 11.6 Å². The van der Waals surface area contributed by atoms with Crippen LogP contribution in [0.25, 0.3) is 0 Å². The Hall–Kier alpha value is -2.14. The van der Waals surface area contributed by atoms with E-state index >= 15 is 0 Å². The number of methoxy groups -OCH3 is 1. The molecule has 0 spiro atoms. The monoisotopic (exact) mass is 295 g/mol. The molecular formula is C14H15ClFN3O. The fourth-order valence-electron chi connectivity index (χ4n) is 1.89. The molecule has 5 N–H and O–H groups in total. The zero-order chi connectivity index (χ0) is 14.9. The van der Waals surface area contributed by atoms with E-state index in [1.165, 1.54) is 6.07 Å². The van der Waals surface area contributed by atoms with E-state index in [2.05, 4.69) is 5.32 Å². The third-order valence-electron chi connectivity index (χ3n) is 2.93. The number of aryl methyl sites for hydroxylation is 1. The maximum atomic E-state index is 14.1. The van der Waals surface area contributed by atoms with Crippen molar-refractivity contribution in [3.8, 4) is 5.75 Å². The molecule has 0 aliphatic heterocycles. The van der Waals surface area contributed by atoms with Crippen LogP contribution < -0.4 is 21.5 Å². The highest BCUT2D eigenvalue weighted by Gasteiger charge is 2.14. The zero-order valence-corrected chi connectivity index (χ0v) is 11.9. The molecule has 0 saturated carbocycles. The van der Waals surface area contributed by atoms with Crippen LogP contribution in [-0.2, 0) is 0 Å². The number of nitrogen functional groups attached to an aromatic ring is 2. The highest BCUT2D eigenvalue weighted by Crippen LogP contribution is 2.36. The summed E-state index contributed by atoms with van der Waals surface area (Å²) in [7, 11) is 1.59. The quantitative estimate of drug-likeness (QED) is 0.755. The third kappa shape index (κ3) is 2.58. The lowest BCUT2D eigenvalue weighted by atomic mass is 10.1. The van der Waals surface area contributed by atoms with E-state index < -0.39 is 5.82 Å². The van der Waals surface area contributed by atoms with Gasteiger partial charge in [-0.2, -0.15) is 0 Å². The minimum Gasteiger partial charge on any atom is -0.496 e. The van der Waals surface area contributed by atoms with Gasteiger partial charge in [0.1, 0.15) is 10.8 Å². The Morgan fingerprint density at radius 1 is 1.20 bits per heavy atom. The summed E-state index contributed by atoms with van der Waals surface area (Å²) in [6.07, 6.45) is 0. The summed E-state index contributed by atoms with van der Waals surface area (Å²) >= 11 is 5.78. The van der Waals surface area contributed by atoms with Gasteiger partial charge in [-0.3, -0.25) is 0 Å². The normalized spacial score (nSPS) is 10.4. The van der Waals surface area contributed by atoms with Crippen LogP contribution in [0.3, 0.4) is 0 Å². The van der Waals surface area contributed by atoms with Gasteiger partial charge in [-0.05, 0) is 36.8 Å². The number of nitrogens with one attached hydrogen (secondary N) is 1. The molecule has 2 rings (SSSR count). The van der Waals surface area contributed by atoms with Gasteiger partial charge in [0.05, 0.1) is 24.2 Å². The summed E-state index contributed by atoms with van der Waals surface area (Å²) in [4.78, 5) is 0. The molecule has 0 bridgehead atoms. The largest absolute Gasteiger partial charge is 0.496 e. The highest BCUT2D eigenvalue weighted by atomic mass is 35.5. The smallest absolute Gasteiger partial charge is 0.169 e. The van der Waals surface area contributed by atoms with Crippen molar-refractivity contribution in [1.82, 2.24) is 0 Å². The number of nitrogens with two attached hydrogens (primary N) is 2. The average molecular weight is 296 g/mol. The predicted octanol–water partition coefficient (Wildman–Crippen LogP) is 3.70. The van der Waals surface area contributed by atoms with E-state index in [0.717, 1.165) is 11.3 Å². The summed E-state index contributed by atoms with van der Waals surface area (Å²) in [5.41, 5.74) is 13.3. The molecule has 0 radical (unpaired) electrons.